The average molecular weight is 387 g/mol. The number of rotatable bonds is 2. The van der Waals surface area contributed by atoms with E-state index in [4.69, 9.17) is 14.2 Å². The molecule has 4 heterocycles. The number of fused-ring (bicyclic) bond motifs is 1. The van der Waals surface area contributed by atoms with Crippen molar-refractivity contribution in [2.75, 3.05) is 49.3 Å². The first-order valence-electron chi connectivity index (χ1n) is 10.0. The molecule has 1 spiro atoms. The minimum Gasteiger partial charge on any atom is -0.487 e. The van der Waals surface area contributed by atoms with Crippen LogP contribution in [0.1, 0.15) is 25.7 Å². The predicted molar refractivity (Wildman–Crippen MR) is 102 cm³/mol. The summed E-state index contributed by atoms with van der Waals surface area (Å²) in [6, 6.07) is 5.74. The molecule has 0 aromatic heterocycles. The van der Waals surface area contributed by atoms with E-state index in [0.29, 0.717) is 39.2 Å². The van der Waals surface area contributed by atoms with Gasteiger partial charge in [0.05, 0.1) is 31.1 Å². The summed E-state index contributed by atoms with van der Waals surface area (Å²) in [5.41, 5.74) is 1.97. The van der Waals surface area contributed by atoms with Crippen molar-refractivity contribution in [3.05, 3.63) is 18.2 Å². The highest BCUT2D eigenvalue weighted by Gasteiger charge is 2.41. The number of anilines is 2. The zero-order valence-corrected chi connectivity index (χ0v) is 15.8. The fourth-order valence-corrected chi connectivity index (χ4v) is 4.68. The topological polar surface area (TPSA) is 80.3 Å². The van der Waals surface area contributed by atoms with Crippen molar-refractivity contribution < 1.29 is 23.8 Å². The van der Waals surface area contributed by atoms with Gasteiger partial charge in [0.15, 0.2) is 11.5 Å². The third-order valence-corrected chi connectivity index (χ3v) is 6.13. The number of benzene rings is 1. The van der Waals surface area contributed by atoms with Gasteiger partial charge in [-0.3, -0.25) is 14.9 Å². The lowest BCUT2D eigenvalue weighted by Crippen LogP contribution is -2.54. The van der Waals surface area contributed by atoms with Crippen molar-refractivity contribution >= 4 is 23.2 Å². The lowest BCUT2D eigenvalue weighted by molar-refractivity contribution is -0.169. The van der Waals surface area contributed by atoms with Crippen LogP contribution in [0.15, 0.2) is 18.2 Å². The largest absolute Gasteiger partial charge is 0.487 e. The molecule has 0 unspecified atom stereocenters. The van der Waals surface area contributed by atoms with Crippen molar-refractivity contribution in [2.45, 2.75) is 37.5 Å². The van der Waals surface area contributed by atoms with Crippen molar-refractivity contribution in [3.63, 3.8) is 0 Å². The Morgan fingerprint density at radius 2 is 1.75 bits per heavy atom. The van der Waals surface area contributed by atoms with Gasteiger partial charge in [-0.15, -0.1) is 0 Å². The second-order valence-corrected chi connectivity index (χ2v) is 7.73. The van der Waals surface area contributed by atoms with Gasteiger partial charge < -0.3 is 24.0 Å². The highest BCUT2D eigenvalue weighted by Crippen LogP contribution is 2.43. The molecule has 0 bridgehead atoms. The first kappa shape index (κ1) is 17.8. The van der Waals surface area contributed by atoms with Crippen molar-refractivity contribution in [1.29, 1.82) is 0 Å². The summed E-state index contributed by atoms with van der Waals surface area (Å²) in [5.74, 6) is -0.000000949. The molecule has 28 heavy (non-hydrogen) atoms. The summed E-state index contributed by atoms with van der Waals surface area (Å²) in [5, 5.41) is 2.46. The monoisotopic (exact) mass is 387 g/mol. The molecule has 0 radical (unpaired) electrons. The van der Waals surface area contributed by atoms with Gasteiger partial charge in [-0.05, 0) is 18.6 Å². The van der Waals surface area contributed by atoms with E-state index in [1.54, 1.807) is 0 Å². The van der Waals surface area contributed by atoms with Crippen molar-refractivity contribution in [1.82, 2.24) is 5.32 Å². The standard InChI is InChI=1S/C20H25N3O5/c24-17-5-4-16(19(25)21-17)23-10-11-26-18-14(2-1-3-15(18)23)22-8-6-20(7-9-22)27-12-13-28-20/h1-3,16H,4-13H2,(H,21,24,25)/t16-/m0/s1. The van der Waals surface area contributed by atoms with E-state index >= 15 is 0 Å². The SMILES string of the molecule is O=C1CC[C@H](N2CCOc3c(N4CCC5(CC4)OCCO5)cccc32)C(=O)N1. The molecule has 0 aliphatic carbocycles. The molecule has 1 N–H and O–H groups in total. The number of nitrogens with one attached hydrogen (secondary N) is 1. The summed E-state index contributed by atoms with van der Waals surface area (Å²) in [6.07, 6.45) is 2.56. The van der Waals surface area contributed by atoms with E-state index in [2.05, 4.69) is 21.2 Å². The Bertz CT molecular complexity index is 782. The van der Waals surface area contributed by atoms with Gasteiger partial charge in [-0.25, -0.2) is 0 Å². The van der Waals surface area contributed by atoms with Gasteiger partial charge >= 0.3 is 0 Å². The molecular formula is C20H25N3O5. The van der Waals surface area contributed by atoms with E-state index < -0.39 is 5.79 Å². The van der Waals surface area contributed by atoms with Crippen molar-refractivity contribution in [3.8, 4) is 5.75 Å². The number of ether oxygens (including phenoxy) is 3. The van der Waals surface area contributed by atoms with Crippen LogP contribution in [0.4, 0.5) is 11.4 Å². The third kappa shape index (κ3) is 3.00. The summed E-state index contributed by atoms with van der Waals surface area (Å²) >= 11 is 0. The Balaban J connectivity index is 1.39. The van der Waals surface area contributed by atoms with Gasteiger partial charge in [-0.1, -0.05) is 6.07 Å². The van der Waals surface area contributed by atoms with Gasteiger partial charge in [-0.2, -0.15) is 0 Å². The fraction of sp³-hybridized carbons (Fsp3) is 0.600. The van der Waals surface area contributed by atoms with Crippen LogP contribution < -0.4 is 19.9 Å². The molecule has 3 fully saturated rings. The highest BCUT2D eigenvalue weighted by molar-refractivity contribution is 6.02. The van der Waals surface area contributed by atoms with Gasteiger partial charge in [0.1, 0.15) is 12.6 Å². The second-order valence-electron chi connectivity index (χ2n) is 7.73. The Hall–Kier alpha value is -2.32. The van der Waals surface area contributed by atoms with Crippen LogP contribution in [0.5, 0.6) is 5.75 Å². The molecule has 5 rings (SSSR count). The average Bonchev–Trinajstić information content (AvgIpc) is 3.16. The Labute approximate surface area is 163 Å². The number of amides is 2. The zero-order chi connectivity index (χ0) is 19.1. The molecular weight excluding hydrogens is 362 g/mol. The number of nitrogens with zero attached hydrogens (tertiary/aromatic N) is 2. The number of hydrogen-bond acceptors (Lipinski definition) is 7. The molecule has 8 heteroatoms. The number of hydrogen-bond donors (Lipinski definition) is 1. The molecule has 0 saturated carbocycles. The van der Waals surface area contributed by atoms with Crippen LogP contribution >= 0.6 is 0 Å². The smallest absolute Gasteiger partial charge is 0.249 e. The second kappa shape index (κ2) is 6.93. The lowest BCUT2D eigenvalue weighted by Gasteiger charge is -2.42. The first-order valence-corrected chi connectivity index (χ1v) is 10.0. The summed E-state index contributed by atoms with van der Waals surface area (Å²) in [4.78, 5) is 28.3. The van der Waals surface area contributed by atoms with Crippen LogP contribution in [-0.4, -0.2) is 63.1 Å². The fourth-order valence-electron chi connectivity index (χ4n) is 4.68. The number of piperidine rings is 2. The van der Waals surface area contributed by atoms with Crippen LogP contribution in [0.3, 0.4) is 0 Å². The molecule has 3 saturated heterocycles. The van der Waals surface area contributed by atoms with Crippen LogP contribution in [0.2, 0.25) is 0 Å². The Morgan fingerprint density at radius 3 is 2.50 bits per heavy atom. The summed E-state index contributed by atoms with van der Waals surface area (Å²) in [6.45, 7) is 4.16. The van der Waals surface area contributed by atoms with E-state index in [1.807, 2.05) is 12.1 Å². The Morgan fingerprint density at radius 1 is 1.00 bits per heavy atom. The quantitative estimate of drug-likeness (QED) is 0.760. The lowest BCUT2D eigenvalue weighted by atomic mass is 10.0. The summed E-state index contributed by atoms with van der Waals surface area (Å²) < 4.78 is 17.7. The number of imide groups is 1. The maximum absolute atomic E-state index is 12.4. The van der Waals surface area contributed by atoms with Gasteiger partial charge in [0.2, 0.25) is 11.8 Å². The van der Waals surface area contributed by atoms with Crippen LogP contribution in [0, 0.1) is 0 Å². The van der Waals surface area contributed by atoms with Crippen LogP contribution in [0.25, 0.3) is 0 Å². The van der Waals surface area contributed by atoms with Crippen molar-refractivity contribution in [2.24, 2.45) is 0 Å². The van der Waals surface area contributed by atoms with E-state index in [0.717, 1.165) is 43.1 Å². The van der Waals surface area contributed by atoms with Gasteiger partial charge in [0, 0.05) is 32.4 Å². The molecule has 1 aromatic carbocycles. The maximum Gasteiger partial charge on any atom is 0.249 e. The summed E-state index contributed by atoms with van der Waals surface area (Å²) in [7, 11) is 0. The number of carbonyl (C=O) groups excluding carboxylic acids is 2. The molecule has 2 amide bonds. The molecule has 1 atom stereocenters. The zero-order valence-electron chi connectivity index (χ0n) is 15.8. The Kier molecular flexibility index (Phi) is 4.40. The minimum absolute atomic E-state index is 0.193. The third-order valence-electron chi connectivity index (χ3n) is 6.13. The predicted octanol–water partition coefficient (Wildman–Crippen LogP) is 1.03. The van der Waals surface area contributed by atoms with E-state index in [-0.39, 0.29) is 17.9 Å². The van der Waals surface area contributed by atoms with Crippen LogP contribution in [-0.2, 0) is 19.1 Å². The molecule has 4 aliphatic rings. The normalized spacial score (nSPS) is 26.8. The first-order chi connectivity index (χ1) is 13.7. The molecule has 4 aliphatic heterocycles. The van der Waals surface area contributed by atoms with E-state index in [9.17, 15) is 9.59 Å². The maximum atomic E-state index is 12.4. The molecule has 1 aromatic rings. The highest BCUT2D eigenvalue weighted by atomic mass is 16.7. The molecule has 8 nitrogen and oxygen atoms in total. The molecule has 150 valence electrons. The number of para-hydroxylation sites is 1. The van der Waals surface area contributed by atoms with E-state index in [1.165, 1.54) is 0 Å². The number of carbonyl (C=O) groups is 2. The van der Waals surface area contributed by atoms with Gasteiger partial charge in [0.25, 0.3) is 0 Å². The minimum atomic E-state index is -0.412.